The highest BCUT2D eigenvalue weighted by Crippen LogP contribution is 2.33. The van der Waals surface area contributed by atoms with Crippen LogP contribution in [0.1, 0.15) is 64.9 Å². The van der Waals surface area contributed by atoms with Crippen LogP contribution >= 0.6 is 0 Å². The third-order valence-electron chi connectivity index (χ3n) is 3.49. The molecule has 0 aliphatic heterocycles. The maximum Gasteiger partial charge on any atom is 0.0305 e. The highest BCUT2D eigenvalue weighted by atomic mass is 14.6. The molecule has 0 saturated heterocycles. The van der Waals surface area contributed by atoms with Gasteiger partial charge in [0.25, 0.3) is 0 Å². The monoisotopic (exact) mass is 219 g/mol. The lowest BCUT2D eigenvalue weighted by molar-refractivity contribution is 0.378. The van der Waals surface area contributed by atoms with Gasteiger partial charge in [-0.15, -0.1) is 0 Å². The molecule has 0 aliphatic rings. The molecule has 1 heteroatoms. The molecule has 1 rings (SSSR count). The second-order valence-corrected chi connectivity index (χ2v) is 5.01. The van der Waals surface area contributed by atoms with Crippen molar-refractivity contribution in [2.45, 2.75) is 64.7 Å². The quantitative estimate of drug-likeness (QED) is 0.605. The standard InChI is InChI=1S/C15H25N/c1-4-6-7-11-15(3,10-5-2)14-9-8-12-16-13-14/h8-9,12-13H,4-7,10-11H2,1-3H3. The first kappa shape index (κ1) is 13.2. The largest absolute Gasteiger partial charge is 0.264 e. The molecule has 1 atom stereocenters. The first-order valence-corrected chi connectivity index (χ1v) is 6.63. The summed E-state index contributed by atoms with van der Waals surface area (Å²) in [6.07, 6.45) is 11.7. The number of nitrogens with zero attached hydrogens (tertiary/aromatic N) is 1. The maximum atomic E-state index is 4.26. The van der Waals surface area contributed by atoms with Gasteiger partial charge in [-0.25, -0.2) is 0 Å². The van der Waals surface area contributed by atoms with Gasteiger partial charge in [0.05, 0.1) is 0 Å². The fourth-order valence-electron chi connectivity index (χ4n) is 2.45. The van der Waals surface area contributed by atoms with Gasteiger partial charge < -0.3 is 0 Å². The molecule has 90 valence electrons. The van der Waals surface area contributed by atoms with E-state index in [4.69, 9.17) is 0 Å². The van der Waals surface area contributed by atoms with Gasteiger partial charge in [0, 0.05) is 12.4 Å². The van der Waals surface area contributed by atoms with Crippen molar-refractivity contribution in [3.05, 3.63) is 30.1 Å². The van der Waals surface area contributed by atoms with Crippen LogP contribution in [-0.4, -0.2) is 4.98 Å². The lowest BCUT2D eigenvalue weighted by atomic mass is 9.75. The molecule has 1 aromatic heterocycles. The molecule has 0 fully saturated rings. The Bertz CT molecular complexity index is 281. The van der Waals surface area contributed by atoms with E-state index in [0.717, 1.165) is 0 Å². The SMILES string of the molecule is CCCCCC(C)(CCC)c1cccnc1. The fourth-order valence-corrected chi connectivity index (χ4v) is 2.45. The second-order valence-electron chi connectivity index (χ2n) is 5.01. The third-order valence-corrected chi connectivity index (χ3v) is 3.49. The van der Waals surface area contributed by atoms with Crippen LogP contribution in [0, 0.1) is 0 Å². The Morgan fingerprint density at radius 2 is 1.94 bits per heavy atom. The first-order chi connectivity index (χ1) is 7.73. The molecule has 1 unspecified atom stereocenters. The zero-order chi connectivity index (χ0) is 11.9. The van der Waals surface area contributed by atoms with Crippen LogP contribution in [0.15, 0.2) is 24.5 Å². The van der Waals surface area contributed by atoms with Crippen LogP contribution in [0.4, 0.5) is 0 Å². The Hall–Kier alpha value is -0.850. The summed E-state index contributed by atoms with van der Waals surface area (Å²) in [5, 5.41) is 0. The molecule has 1 aromatic rings. The van der Waals surface area contributed by atoms with E-state index >= 15 is 0 Å². The van der Waals surface area contributed by atoms with Gasteiger partial charge in [0.15, 0.2) is 0 Å². The molecular formula is C15H25N. The molecule has 0 N–H and O–H groups in total. The highest BCUT2D eigenvalue weighted by molar-refractivity contribution is 5.20. The van der Waals surface area contributed by atoms with Crippen molar-refractivity contribution in [3.8, 4) is 0 Å². The van der Waals surface area contributed by atoms with Crippen LogP contribution in [0.5, 0.6) is 0 Å². The van der Waals surface area contributed by atoms with Crippen molar-refractivity contribution in [2.75, 3.05) is 0 Å². The van der Waals surface area contributed by atoms with Gasteiger partial charge in [0.1, 0.15) is 0 Å². The smallest absolute Gasteiger partial charge is 0.0305 e. The Kier molecular flexibility index (Phi) is 5.51. The number of hydrogen-bond acceptors (Lipinski definition) is 1. The van der Waals surface area contributed by atoms with Crippen molar-refractivity contribution in [3.63, 3.8) is 0 Å². The summed E-state index contributed by atoms with van der Waals surface area (Å²) < 4.78 is 0. The highest BCUT2D eigenvalue weighted by Gasteiger charge is 2.24. The van der Waals surface area contributed by atoms with Crippen LogP contribution in [-0.2, 0) is 5.41 Å². The number of rotatable bonds is 7. The van der Waals surface area contributed by atoms with Crippen LogP contribution < -0.4 is 0 Å². The van der Waals surface area contributed by atoms with Crippen LogP contribution in [0.2, 0.25) is 0 Å². The molecule has 0 amide bonds. The summed E-state index contributed by atoms with van der Waals surface area (Å²) in [5.74, 6) is 0. The van der Waals surface area contributed by atoms with Crippen molar-refractivity contribution >= 4 is 0 Å². The summed E-state index contributed by atoms with van der Waals surface area (Å²) in [7, 11) is 0. The summed E-state index contributed by atoms with van der Waals surface area (Å²) in [5.41, 5.74) is 1.74. The van der Waals surface area contributed by atoms with Gasteiger partial charge in [-0.3, -0.25) is 4.98 Å². The van der Waals surface area contributed by atoms with Crippen LogP contribution in [0.3, 0.4) is 0 Å². The van der Waals surface area contributed by atoms with E-state index in [2.05, 4.69) is 37.9 Å². The Morgan fingerprint density at radius 1 is 1.12 bits per heavy atom. The zero-order valence-corrected chi connectivity index (χ0v) is 11.0. The Labute approximate surface area is 100 Å². The number of aromatic nitrogens is 1. The molecular weight excluding hydrogens is 194 g/mol. The number of hydrogen-bond donors (Lipinski definition) is 0. The average molecular weight is 219 g/mol. The van der Waals surface area contributed by atoms with E-state index in [1.54, 1.807) is 0 Å². The Morgan fingerprint density at radius 3 is 2.50 bits per heavy atom. The minimum absolute atomic E-state index is 0.332. The molecule has 0 aliphatic carbocycles. The summed E-state index contributed by atoms with van der Waals surface area (Å²) in [6.45, 7) is 6.93. The van der Waals surface area contributed by atoms with E-state index < -0.39 is 0 Å². The van der Waals surface area contributed by atoms with Gasteiger partial charge in [-0.05, 0) is 29.9 Å². The van der Waals surface area contributed by atoms with Crippen molar-refractivity contribution in [2.24, 2.45) is 0 Å². The molecule has 0 spiro atoms. The molecule has 16 heavy (non-hydrogen) atoms. The van der Waals surface area contributed by atoms with Crippen molar-refractivity contribution < 1.29 is 0 Å². The first-order valence-electron chi connectivity index (χ1n) is 6.63. The van der Waals surface area contributed by atoms with Gasteiger partial charge in [0.2, 0.25) is 0 Å². The van der Waals surface area contributed by atoms with E-state index in [0.29, 0.717) is 5.41 Å². The Balaban J connectivity index is 2.71. The van der Waals surface area contributed by atoms with E-state index in [9.17, 15) is 0 Å². The van der Waals surface area contributed by atoms with E-state index in [-0.39, 0.29) is 0 Å². The fraction of sp³-hybridized carbons (Fsp3) is 0.667. The van der Waals surface area contributed by atoms with Crippen LogP contribution in [0.25, 0.3) is 0 Å². The van der Waals surface area contributed by atoms with Gasteiger partial charge in [-0.1, -0.05) is 52.5 Å². The minimum atomic E-state index is 0.332. The molecule has 0 saturated carbocycles. The minimum Gasteiger partial charge on any atom is -0.264 e. The molecule has 0 radical (unpaired) electrons. The molecule has 1 heterocycles. The summed E-state index contributed by atoms with van der Waals surface area (Å²) in [6, 6.07) is 4.29. The van der Waals surface area contributed by atoms with Gasteiger partial charge >= 0.3 is 0 Å². The second kappa shape index (κ2) is 6.67. The lowest BCUT2D eigenvalue weighted by Gasteiger charge is -2.29. The topological polar surface area (TPSA) is 12.9 Å². The molecule has 0 bridgehead atoms. The third kappa shape index (κ3) is 3.62. The number of unbranched alkanes of at least 4 members (excludes halogenated alkanes) is 2. The zero-order valence-electron chi connectivity index (χ0n) is 11.0. The van der Waals surface area contributed by atoms with E-state index in [1.165, 1.54) is 44.1 Å². The number of pyridine rings is 1. The van der Waals surface area contributed by atoms with Crippen molar-refractivity contribution in [1.29, 1.82) is 0 Å². The predicted octanol–water partition coefficient (Wildman–Crippen LogP) is 4.72. The molecule has 1 nitrogen and oxygen atoms in total. The van der Waals surface area contributed by atoms with Crippen molar-refractivity contribution in [1.82, 2.24) is 4.98 Å². The maximum absolute atomic E-state index is 4.26. The lowest BCUT2D eigenvalue weighted by Crippen LogP contribution is -2.21. The molecule has 0 aromatic carbocycles. The predicted molar refractivity (Wildman–Crippen MR) is 70.6 cm³/mol. The van der Waals surface area contributed by atoms with Gasteiger partial charge in [-0.2, -0.15) is 0 Å². The summed E-state index contributed by atoms with van der Waals surface area (Å²) in [4.78, 5) is 4.26. The van der Waals surface area contributed by atoms with E-state index in [1.807, 2.05) is 12.4 Å². The normalized spacial score (nSPS) is 14.7. The average Bonchev–Trinajstić information content (AvgIpc) is 2.31. The summed E-state index contributed by atoms with van der Waals surface area (Å²) >= 11 is 0.